The maximum atomic E-state index is 13.6. The minimum atomic E-state index is -0.484. The lowest BCUT2D eigenvalue weighted by Gasteiger charge is -2.31. The lowest BCUT2D eigenvalue weighted by atomic mass is 9.96. The zero-order valence-corrected chi connectivity index (χ0v) is 10.2. The highest BCUT2D eigenvalue weighted by Gasteiger charge is 2.26. The second kappa shape index (κ2) is 5.16. The number of aromatic nitrogens is 2. The van der Waals surface area contributed by atoms with Crippen LogP contribution in [0.4, 0.5) is 16.2 Å². The summed E-state index contributed by atoms with van der Waals surface area (Å²) in [6, 6.07) is 0. The van der Waals surface area contributed by atoms with Gasteiger partial charge in [0.2, 0.25) is 11.9 Å². The summed E-state index contributed by atoms with van der Waals surface area (Å²) in [5.41, 5.74) is 5.45. The van der Waals surface area contributed by atoms with Gasteiger partial charge in [0.25, 0.3) is 0 Å². The van der Waals surface area contributed by atoms with Crippen molar-refractivity contribution in [3.8, 4) is 0 Å². The predicted molar refractivity (Wildman–Crippen MR) is 65.4 cm³/mol. The molecule has 0 unspecified atom stereocenters. The van der Waals surface area contributed by atoms with Crippen LogP contribution in [0.3, 0.4) is 0 Å². The van der Waals surface area contributed by atoms with Gasteiger partial charge in [0.05, 0.1) is 6.20 Å². The Morgan fingerprint density at radius 1 is 1.56 bits per heavy atom. The summed E-state index contributed by atoms with van der Waals surface area (Å²) in [7, 11) is 1.62. The van der Waals surface area contributed by atoms with Gasteiger partial charge in [-0.15, -0.1) is 0 Å². The van der Waals surface area contributed by atoms with Crippen molar-refractivity contribution in [3.63, 3.8) is 0 Å². The molecule has 1 aliphatic rings. The summed E-state index contributed by atoms with van der Waals surface area (Å²) in [4.78, 5) is 20.8. The molecule has 98 valence electrons. The van der Waals surface area contributed by atoms with Crippen molar-refractivity contribution >= 4 is 17.7 Å². The number of nitrogens with two attached hydrogens (primary N) is 1. The number of nitrogen functional groups attached to an aromatic ring is 1. The van der Waals surface area contributed by atoms with E-state index in [4.69, 9.17) is 5.73 Å². The molecule has 0 radical (unpaired) electrons. The number of anilines is 2. The van der Waals surface area contributed by atoms with E-state index in [0.717, 1.165) is 6.20 Å². The van der Waals surface area contributed by atoms with Gasteiger partial charge in [0.1, 0.15) is 0 Å². The van der Waals surface area contributed by atoms with Crippen LogP contribution in [0.2, 0.25) is 0 Å². The summed E-state index contributed by atoms with van der Waals surface area (Å²) in [5.74, 6) is -0.175. The monoisotopic (exact) mass is 253 g/mol. The molecule has 0 saturated carbocycles. The molecule has 1 aromatic rings. The molecular weight excluding hydrogens is 237 g/mol. The van der Waals surface area contributed by atoms with Gasteiger partial charge >= 0.3 is 0 Å². The summed E-state index contributed by atoms with van der Waals surface area (Å²) in [6.45, 7) is 1.18. The fourth-order valence-electron chi connectivity index (χ4n) is 2.15. The summed E-state index contributed by atoms with van der Waals surface area (Å²) in [6.07, 6.45) is 2.44. The fraction of sp³-hybridized carbons (Fsp3) is 0.545. The molecule has 1 saturated heterocycles. The van der Waals surface area contributed by atoms with Crippen LogP contribution in [0, 0.1) is 11.7 Å². The first kappa shape index (κ1) is 12.5. The van der Waals surface area contributed by atoms with Crippen LogP contribution < -0.4 is 16.0 Å². The van der Waals surface area contributed by atoms with E-state index >= 15 is 0 Å². The molecular formula is C11H16FN5O. The van der Waals surface area contributed by atoms with Crippen molar-refractivity contribution in [3.05, 3.63) is 12.0 Å². The Bertz CT molecular complexity index is 445. The van der Waals surface area contributed by atoms with Crippen LogP contribution in [0.1, 0.15) is 12.8 Å². The average Bonchev–Trinajstić information content (AvgIpc) is 2.41. The molecule has 2 heterocycles. The Labute approximate surface area is 104 Å². The van der Waals surface area contributed by atoms with Gasteiger partial charge in [-0.05, 0) is 12.8 Å². The molecule has 3 N–H and O–H groups in total. The number of amides is 1. The molecule has 18 heavy (non-hydrogen) atoms. The number of hydrogen-bond donors (Lipinski definition) is 2. The standard InChI is InChI=1S/C11H16FN5O/c1-14-10(18)7-2-4-17(5-3-7)9-8(12)6-15-11(13)16-9/h6-7H,2-5H2,1H3,(H,14,18)(H2,13,15,16). The molecule has 0 aliphatic carbocycles. The SMILES string of the molecule is CNC(=O)C1CCN(c2nc(N)ncc2F)CC1. The van der Waals surface area contributed by atoms with Crippen LogP contribution in [-0.4, -0.2) is 36.0 Å². The lowest BCUT2D eigenvalue weighted by molar-refractivity contribution is -0.125. The first-order valence-electron chi connectivity index (χ1n) is 5.86. The van der Waals surface area contributed by atoms with Crippen molar-refractivity contribution in [2.45, 2.75) is 12.8 Å². The predicted octanol–water partition coefficient (Wildman–Crippen LogP) is 0.160. The molecule has 0 aromatic carbocycles. The number of halogens is 1. The Hall–Kier alpha value is -1.92. The van der Waals surface area contributed by atoms with Crippen LogP contribution in [0.15, 0.2) is 6.20 Å². The molecule has 0 atom stereocenters. The summed E-state index contributed by atoms with van der Waals surface area (Å²) >= 11 is 0. The molecule has 1 aliphatic heterocycles. The number of nitrogens with one attached hydrogen (secondary N) is 1. The molecule has 6 nitrogen and oxygen atoms in total. The number of carbonyl (C=O) groups excluding carboxylic acids is 1. The van der Waals surface area contributed by atoms with Crippen molar-refractivity contribution in [2.24, 2.45) is 5.92 Å². The second-order valence-electron chi connectivity index (χ2n) is 4.28. The number of carbonyl (C=O) groups is 1. The Kier molecular flexibility index (Phi) is 3.59. The third-order valence-corrected chi connectivity index (χ3v) is 3.16. The second-order valence-corrected chi connectivity index (χ2v) is 4.28. The molecule has 2 rings (SSSR count). The largest absolute Gasteiger partial charge is 0.368 e. The lowest BCUT2D eigenvalue weighted by Crippen LogP contribution is -2.40. The van der Waals surface area contributed by atoms with E-state index in [1.54, 1.807) is 11.9 Å². The third-order valence-electron chi connectivity index (χ3n) is 3.16. The van der Waals surface area contributed by atoms with Gasteiger partial charge in [-0.25, -0.2) is 9.37 Å². The highest BCUT2D eigenvalue weighted by molar-refractivity contribution is 5.78. The number of rotatable bonds is 2. The summed E-state index contributed by atoms with van der Waals surface area (Å²) < 4.78 is 13.6. The fourth-order valence-corrected chi connectivity index (χ4v) is 2.15. The van der Waals surface area contributed by atoms with E-state index < -0.39 is 5.82 Å². The molecule has 1 amide bonds. The topological polar surface area (TPSA) is 84.1 Å². The smallest absolute Gasteiger partial charge is 0.222 e. The van der Waals surface area contributed by atoms with E-state index in [9.17, 15) is 9.18 Å². The van der Waals surface area contributed by atoms with E-state index in [2.05, 4.69) is 15.3 Å². The van der Waals surface area contributed by atoms with Crippen LogP contribution in [0.25, 0.3) is 0 Å². The number of nitrogens with zero attached hydrogens (tertiary/aromatic N) is 3. The molecule has 0 spiro atoms. The average molecular weight is 253 g/mol. The zero-order valence-electron chi connectivity index (χ0n) is 10.2. The highest BCUT2D eigenvalue weighted by Crippen LogP contribution is 2.24. The number of hydrogen-bond acceptors (Lipinski definition) is 5. The quantitative estimate of drug-likeness (QED) is 0.784. The van der Waals surface area contributed by atoms with E-state index in [1.807, 2.05) is 0 Å². The maximum absolute atomic E-state index is 13.6. The molecule has 7 heteroatoms. The van der Waals surface area contributed by atoms with Crippen LogP contribution in [0.5, 0.6) is 0 Å². The minimum absolute atomic E-state index is 0.00602. The zero-order chi connectivity index (χ0) is 13.1. The van der Waals surface area contributed by atoms with Crippen molar-refractivity contribution in [1.29, 1.82) is 0 Å². The molecule has 1 fully saturated rings. The summed E-state index contributed by atoms with van der Waals surface area (Å²) in [5, 5.41) is 2.63. The van der Waals surface area contributed by atoms with Gasteiger partial charge < -0.3 is 16.0 Å². The van der Waals surface area contributed by atoms with Crippen molar-refractivity contribution < 1.29 is 9.18 Å². The molecule has 0 bridgehead atoms. The van der Waals surface area contributed by atoms with E-state index in [0.29, 0.717) is 25.9 Å². The Morgan fingerprint density at radius 3 is 2.83 bits per heavy atom. The Balaban J connectivity index is 2.05. The maximum Gasteiger partial charge on any atom is 0.222 e. The van der Waals surface area contributed by atoms with Crippen molar-refractivity contribution in [2.75, 3.05) is 30.8 Å². The normalized spacial score (nSPS) is 16.7. The van der Waals surface area contributed by atoms with Gasteiger partial charge in [-0.1, -0.05) is 0 Å². The van der Waals surface area contributed by atoms with E-state index in [-0.39, 0.29) is 23.6 Å². The van der Waals surface area contributed by atoms with Crippen LogP contribution in [-0.2, 0) is 4.79 Å². The minimum Gasteiger partial charge on any atom is -0.368 e. The van der Waals surface area contributed by atoms with Crippen LogP contribution >= 0.6 is 0 Å². The number of piperidine rings is 1. The van der Waals surface area contributed by atoms with Gasteiger partial charge in [-0.2, -0.15) is 4.98 Å². The third kappa shape index (κ3) is 2.49. The van der Waals surface area contributed by atoms with Gasteiger partial charge in [0, 0.05) is 26.1 Å². The van der Waals surface area contributed by atoms with E-state index in [1.165, 1.54) is 0 Å². The van der Waals surface area contributed by atoms with Gasteiger partial charge in [-0.3, -0.25) is 4.79 Å². The first-order valence-corrected chi connectivity index (χ1v) is 5.86. The highest BCUT2D eigenvalue weighted by atomic mass is 19.1. The first-order chi connectivity index (χ1) is 8.61. The molecule has 1 aromatic heterocycles. The van der Waals surface area contributed by atoms with Gasteiger partial charge in [0.15, 0.2) is 11.6 Å². The Morgan fingerprint density at radius 2 is 2.22 bits per heavy atom. The van der Waals surface area contributed by atoms with Crippen molar-refractivity contribution in [1.82, 2.24) is 15.3 Å².